The van der Waals surface area contributed by atoms with E-state index in [1.807, 2.05) is 6.07 Å². The Labute approximate surface area is 114 Å². The van der Waals surface area contributed by atoms with E-state index in [4.69, 9.17) is 0 Å². The van der Waals surface area contributed by atoms with Crippen molar-refractivity contribution in [3.05, 3.63) is 35.9 Å². The first kappa shape index (κ1) is 12.7. The minimum atomic E-state index is -0.661. The van der Waals surface area contributed by atoms with Gasteiger partial charge in [0.1, 0.15) is 5.54 Å². The number of carboxylic acid groups (broad SMARTS) is 1. The normalized spacial score (nSPS) is 31.1. The lowest BCUT2D eigenvalue weighted by atomic mass is 9.74. The number of nitrogens with one attached hydrogen (secondary N) is 1. The third-order valence-corrected chi connectivity index (χ3v) is 4.58. The summed E-state index contributed by atoms with van der Waals surface area (Å²) in [5, 5.41) is 12.9. The van der Waals surface area contributed by atoms with Crippen LogP contribution >= 0.6 is 0 Å². The fraction of sp³-hybridized carbons (Fsp3) is 0.562. The third kappa shape index (κ3) is 2.66. The quantitative estimate of drug-likeness (QED) is 0.874. The summed E-state index contributed by atoms with van der Waals surface area (Å²) in [6.45, 7) is 0. The molecule has 0 bridgehead atoms. The van der Waals surface area contributed by atoms with E-state index in [1.54, 1.807) is 0 Å². The Kier molecular flexibility index (Phi) is 3.31. The topological polar surface area (TPSA) is 49.3 Å². The molecular weight excluding hydrogens is 238 g/mol. The molecule has 3 rings (SSSR count). The Bertz CT molecular complexity index is 445. The van der Waals surface area contributed by atoms with E-state index in [2.05, 4.69) is 29.6 Å². The van der Waals surface area contributed by atoms with Gasteiger partial charge in [-0.2, -0.15) is 0 Å². The van der Waals surface area contributed by atoms with Crippen LogP contribution in [0.2, 0.25) is 0 Å². The molecule has 2 aliphatic rings. The monoisotopic (exact) mass is 259 g/mol. The maximum atomic E-state index is 11.6. The van der Waals surface area contributed by atoms with Crippen molar-refractivity contribution in [2.24, 2.45) is 0 Å². The second kappa shape index (κ2) is 4.97. The van der Waals surface area contributed by atoms with Gasteiger partial charge in [-0.15, -0.1) is 0 Å². The van der Waals surface area contributed by atoms with Crippen LogP contribution in [0.5, 0.6) is 0 Å². The van der Waals surface area contributed by atoms with Crippen molar-refractivity contribution in [1.82, 2.24) is 5.32 Å². The van der Waals surface area contributed by atoms with Gasteiger partial charge in [-0.3, -0.25) is 10.1 Å². The average Bonchev–Trinajstić information content (AvgIpc) is 3.24. The molecule has 0 radical (unpaired) electrons. The van der Waals surface area contributed by atoms with Gasteiger partial charge < -0.3 is 5.11 Å². The van der Waals surface area contributed by atoms with Gasteiger partial charge in [-0.05, 0) is 50.0 Å². The van der Waals surface area contributed by atoms with Crippen molar-refractivity contribution in [2.45, 2.75) is 56.0 Å². The second-order valence-electron chi connectivity index (χ2n) is 5.99. The Balaban J connectivity index is 1.68. The van der Waals surface area contributed by atoms with Crippen LogP contribution in [0, 0.1) is 0 Å². The van der Waals surface area contributed by atoms with E-state index >= 15 is 0 Å². The Morgan fingerprint density at radius 1 is 1.11 bits per heavy atom. The van der Waals surface area contributed by atoms with E-state index in [9.17, 15) is 9.90 Å². The van der Waals surface area contributed by atoms with Crippen molar-refractivity contribution >= 4 is 5.97 Å². The number of rotatable bonds is 4. The van der Waals surface area contributed by atoms with Gasteiger partial charge in [-0.25, -0.2) is 0 Å². The first-order chi connectivity index (χ1) is 9.20. The van der Waals surface area contributed by atoms with Crippen LogP contribution < -0.4 is 5.32 Å². The summed E-state index contributed by atoms with van der Waals surface area (Å²) in [4.78, 5) is 11.6. The zero-order chi connectivity index (χ0) is 13.3. The van der Waals surface area contributed by atoms with Crippen LogP contribution in [0.1, 0.15) is 50.0 Å². The molecule has 2 N–H and O–H groups in total. The number of benzene rings is 1. The highest BCUT2D eigenvalue weighted by Gasteiger charge is 2.45. The molecule has 19 heavy (non-hydrogen) atoms. The summed E-state index contributed by atoms with van der Waals surface area (Å²) >= 11 is 0. The van der Waals surface area contributed by atoms with Gasteiger partial charge in [0.15, 0.2) is 0 Å². The molecule has 0 aromatic heterocycles. The van der Waals surface area contributed by atoms with Gasteiger partial charge in [0.25, 0.3) is 0 Å². The molecule has 0 atom stereocenters. The lowest BCUT2D eigenvalue weighted by Crippen LogP contribution is -2.54. The molecule has 0 spiro atoms. The van der Waals surface area contributed by atoms with Crippen molar-refractivity contribution in [3.63, 3.8) is 0 Å². The van der Waals surface area contributed by atoms with E-state index in [1.165, 1.54) is 5.56 Å². The molecular formula is C16H21NO2. The van der Waals surface area contributed by atoms with Crippen molar-refractivity contribution in [2.75, 3.05) is 0 Å². The van der Waals surface area contributed by atoms with Crippen molar-refractivity contribution < 1.29 is 9.90 Å². The number of hydrogen-bond acceptors (Lipinski definition) is 2. The minimum absolute atomic E-state index is 0.448. The molecule has 2 aliphatic carbocycles. The highest BCUT2D eigenvalue weighted by Crippen LogP contribution is 2.39. The molecule has 0 heterocycles. The maximum Gasteiger partial charge on any atom is 0.323 e. The first-order valence-corrected chi connectivity index (χ1v) is 7.26. The largest absolute Gasteiger partial charge is 0.480 e. The van der Waals surface area contributed by atoms with Crippen LogP contribution in [0.4, 0.5) is 0 Å². The Morgan fingerprint density at radius 3 is 2.26 bits per heavy atom. The molecule has 0 unspecified atom stereocenters. The molecule has 0 saturated heterocycles. The zero-order valence-corrected chi connectivity index (χ0v) is 11.1. The molecule has 0 aliphatic heterocycles. The predicted molar refractivity (Wildman–Crippen MR) is 74.2 cm³/mol. The smallest absolute Gasteiger partial charge is 0.323 e. The zero-order valence-electron chi connectivity index (χ0n) is 11.1. The fourth-order valence-corrected chi connectivity index (χ4v) is 3.21. The van der Waals surface area contributed by atoms with Crippen molar-refractivity contribution in [1.29, 1.82) is 0 Å². The molecule has 2 fully saturated rings. The van der Waals surface area contributed by atoms with Crippen LogP contribution in [0.15, 0.2) is 30.3 Å². The highest BCUT2D eigenvalue weighted by atomic mass is 16.4. The van der Waals surface area contributed by atoms with Gasteiger partial charge in [0.2, 0.25) is 0 Å². The Hall–Kier alpha value is -1.35. The standard InChI is InChI=1S/C16H21NO2/c18-15(19)16(17-14-6-7-14)10-8-13(9-11-16)12-4-2-1-3-5-12/h1-5,13-14,17H,6-11H2,(H,18,19). The summed E-state index contributed by atoms with van der Waals surface area (Å²) in [7, 11) is 0. The van der Waals surface area contributed by atoms with Crippen LogP contribution in [-0.4, -0.2) is 22.7 Å². The average molecular weight is 259 g/mol. The van der Waals surface area contributed by atoms with Crippen LogP contribution in [0.25, 0.3) is 0 Å². The summed E-state index contributed by atoms with van der Waals surface area (Å²) < 4.78 is 0. The predicted octanol–water partition coefficient (Wildman–Crippen LogP) is 2.92. The number of carbonyl (C=O) groups is 1. The molecule has 0 amide bonds. The highest BCUT2D eigenvalue weighted by molar-refractivity contribution is 5.79. The van der Waals surface area contributed by atoms with E-state index < -0.39 is 11.5 Å². The van der Waals surface area contributed by atoms with E-state index in [0.29, 0.717) is 12.0 Å². The minimum Gasteiger partial charge on any atom is -0.480 e. The molecule has 3 nitrogen and oxygen atoms in total. The number of hydrogen-bond donors (Lipinski definition) is 2. The third-order valence-electron chi connectivity index (χ3n) is 4.58. The van der Waals surface area contributed by atoms with Crippen LogP contribution in [0.3, 0.4) is 0 Å². The lowest BCUT2D eigenvalue weighted by Gasteiger charge is -2.38. The van der Waals surface area contributed by atoms with Gasteiger partial charge in [0, 0.05) is 6.04 Å². The van der Waals surface area contributed by atoms with E-state index in [-0.39, 0.29) is 0 Å². The van der Waals surface area contributed by atoms with Crippen molar-refractivity contribution in [3.8, 4) is 0 Å². The van der Waals surface area contributed by atoms with Gasteiger partial charge in [0.05, 0.1) is 0 Å². The summed E-state index contributed by atoms with van der Waals surface area (Å²) in [5.41, 5.74) is 0.694. The lowest BCUT2D eigenvalue weighted by molar-refractivity contribution is -0.146. The SMILES string of the molecule is O=C(O)C1(NC2CC2)CCC(c2ccccc2)CC1. The summed E-state index contributed by atoms with van der Waals surface area (Å²) in [6, 6.07) is 10.9. The molecule has 1 aromatic carbocycles. The maximum absolute atomic E-state index is 11.6. The number of aliphatic carboxylic acids is 1. The van der Waals surface area contributed by atoms with Crippen LogP contribution in [-0.2, 0) is 4.79 Å². The van der Waals surface area contributed by atoms with Gasteiger partial charge >= 0.3 is 5.97 Å². The molecule has 3 heteroatoms. The molecule has 102 valence electrons. The summed E-state index contributed by atoms with van der Waals surface area (Å²) in [6.07, 6.45) is 5.71. The summed E-state index contributed by atoms with van der Waals surface area (Å²) in [5.74, 6) is -0.138. The van der Waals surface area contributed by atoms with Gasteiger partial charge in [-0.1, -0.05) is 30.3 Å². The first-order valence-electron chi connectivity index (χ1n) is 7.26. The second-order valence-corrected chi connectivity index (χ2v) is 5.99. The van der Waals surface area contributed by atoms with E-state index in [0.717, 1.165) is 38.5 Å². The number of carboxylic acids is 1. The molecule has 1 aromatic rings. The Morgan fingerprint density at radius 2 is 1.74 bits per heavy atom. The molecule has 2 saturated carbocycles. The fourth-order valence-electron chi connectivity index (χ4n) is 3.21.